The Kier molecular flexibility index (Phi) is 5.80. The van der Waals surface area contributed by atoms with Gasteiger partial charge in [0.15, 0.2) is 0 Å². The zero-order valence-electron chi connectivity index (χ0n) is 19.6. The Labute approximate surface area is 210 Å². The minimum absolute atomic E-state index is 0.0433. The molecule has 6 nitrogen and oxygen atoms in total. The summed E-state index contributed by atoms with van der Waals surface area (Å²) in [6.45, 7) is 3.03. The van der Waals surface area contributed by atoms with E-state index in [1.54, 1.807) is 16.8 Å². The maximum atomic E-state index is 15.1. The fraction of sp³-hybridized carbons (Fsp3) is 0.333. The van der Waals surface area contributed by atoms with Crippen molar-refractivity contribution in [1.29, 1.82) is 0 Å². The van der Waals surface area contributed by atoms with E-state index >= 15 is 4.39 Å². The lowest BCUT2D eigenvalue weighted by molar-refractivity contribution is 0.00460. The summed E-state index contributed by atoms with van der Waals surface area (Å²) < 4.78 is 37.2. The molecule has 3 aromatic heterocycles. The van der Waals surface area contributed by atoms with Gasteiger partial charge in [0, 0.05) is 48.6 Å². The van der Waals surface area contributed by atoms with Crippen LogP contribution in [0.2, 0.25) is 5.02 Å². The minimum Gasteiger partial charge on any atom is -0.373 e. The SMILES string of the molecule is Cc1cc([C@H]2C[C@@H](c3cc4c(=O)n5c(nc4c(-c4cc(F)c(Cl)cc4F)n3)CCC5)CCO2)ccn1. The van der Waals surface area contributed by atoms with E-state index in [2.05, 4.69) is 4.98 Å². The zero-order valence-corrected chi connectivity index (χ0v) is 20.4. The molecule has 0 bridgehead atoms. The summed E-state index contributed by atoms with van der Waals surface area (Å²) in [4.78, 5) is 27.2. The van der Waals surface area contributed by atoms with Crippen LogP contribution in [-0.2, 0) is 17.7 Å². The molecule has 1 aromatic carbocycles. The Balaban J connectivity index is 1.52. The van der Waals surface area contributed by atoms with E-state index in [0.717, 1.165) is 29.8 Å². The lowest BCUT2D eigenvalue weighted by Gasteiger charge is -2.30. The van der Waals surface area contributed by atoms with Crippen molar-refractivity contribution in [3.63, 3.8) is 0 Å². The molecule has 2 atom stereocenters. The molecule has 184 valence electrons. The molecular formula is C27H23ClF2N4O2. The van der Waals surface area contributed by atoms with Crippen LogP contribution in [0.1, 0.15) is 54.1 Å². The van der Waals surface area contributed by atoms with Crippen molar-refractivity contribution >= 4 is 22.5 Å². The van der Waals surface area contributed by atoms with E-state index in [-0.39, 0.29) is 39.4 Å². The van der Waals surface area contributed by atoms with Gasteiger partial charge in [-0.15, -0.1) is 0 Å². The maximum absolute atomic E-state index is 15.1. The van der Waals surface area contributed by atoms with E-state index in [9.17, 15) is 9.18 Å². The summed E-state index contributed by atoms with van der Waals surface area (Å²) in [6.07, 6.45) is 4.39. The number of aromatic nitrogens is 4. The van der Waals surface area contributed by atoms with Crippen LogP contribution < -0.4 is 5.56 Å². The molecule has 0 saturated carbocycles. The topological polar surface area (TPSA) is 69.9 Å². The number of pyridine rings is 2. The van der Waals surface area contributed by atoms with Crippen LogP contribution >= 0.6 is 11.6 Å². The van der Waals surface area contributed by atoms with Gasteiger partial charge in [0.1, 0.15) is 28.7 Å². The molecule has 1 fully saturated rings. The summed E-state index contributed by atoms with van der Waals surface area (Å²) >= 11 is 5.81. The Morgan fingerprint density at radius 1 is 1.14 bits per heavy atom. The van der Waals surface area contributed by atoms with Gasteiger partial charge in [-0.05, 0) is 62.1 Å². The van der Waals surface area contributed by atoms with Crippen molar-refractivity contribution in [1.82, 2.24) is 19.5 Å². The van der Waals surface area contributed by atoms with Gasteiger partial charge in [-0.1, -0.05) is 11.6 Å². The molecule has 1 saturated heterocycles. The number of benzene rings is 1. The van der Waals surface area contributed by atoms with Gasteiger partial charge < -0.3 is 4.74 Å². The number of nitrogens with zero attached hydrogens (tertiary/aromatic N) is 4. The first kappa shape index (κ1) is 23.2. The first-order valence-corrected chi connectivity index (χ1v) is 12.4. The molecule has 2 aliphatic rings. The molecule has 0 radical (unpaired) electrons. The van der Waals surface area contributed by atoms with Crippen molar-refractivity contribution in [3.8, 4) is 11.3 Å². The fourth-order valence-electron chi connectivity index (χ4n) is 5.27. The molecule has 36 heavy (non-hydrogen) atoms. The summed E-state index contributed by atoms with van der Waals surface area (Å²) in [6, 6.07) is 7.67. The Morgan fingerprint density at radius 3 is 2.83 bits per heavy atom. The number of aryl methyl sites for hydroxylation is 2. The van der Waals surface area contributed by atoms with Crippen molar-refractivity contribution in [2.75, 3.05) is 6.61 Å². The Bertz CT molecular complexity index is 1570. The van der Waals surface area contributed by atoms with E-state index < -0.39 is 11.6 Å². The van der Waals surface area contributed by atoms with Crippen molar-refractivity contribution in [2.24, 2.45) is 0 Å². The highest BCUT2D eigenvalue weighted by molar-refractivity contribution is 6.30. The smallest absolute Gasteiger partial charge is 0.261 e. The van der Waals surface area contributed by atoms with Crippen LogP contribution in [0.25, 0.3) is 22.2 Å². The zero-order chi connectivity index (χ0) is 25.0. The van der Waals surface area contributed by atoms with Crippen LogP contribution in [0.3, 0.4) is 0 Å². The molecule has 0 aliphatic carbocycles. The van der Waals surface area contributed by atoms with Crippen LogP contribution in [0.5, 0.6) is 0 Å². The summed E-state index contributed by atoms with van der Waals surface area (Å²) in [5.74, 6) is -0.882. The number of rotatable bonds is 3. The number of ether oxygens (including phenoxy) is 1. The Morgan fingerprint density at radius 2 is 2.00 bits per heavy atom. The number of halogens is 3. The average molecular weight is 509 g/mol. The maximum Gasteiger partial charge on any atom is 0.261 e. The molecule has 0 unspecified atom stereocenters. The highest BCUT2D eigenvalue weighted by Crippen LogP contribution is 2.39. The second kappa shape index (κ2) is 9.01. The molecule has 0 N–H and O–H groups in total. The second-order valence-corrected chi connectivity index (χ2v) is 9.84. The second-order valence-electron chi connectivity index (χ2n) is 9.44. The molecule has 2 aliphatic heterocycles. The van der Waals surface area contributed by atoms with Crippen molar-refractivity contribution in [3.05, 3.63) is 86.3 Å². The van der Waals surface area contributed by atoms with E-state index in [0.29, 0.717) is 49.3 Å². The number of fused-ring (bicyclic) bond motifs is 2. The van der Waals surface area contributed by atoms with E-state index in [4.69, 9.17) is 26.3 Å². The lowest BCUT2D eigenvalue weighted by atomic mass is 9.88. The van der Waals surface area contributed by atoms with E-state index in [1.807, 2.05) is 19.1 Å². The van der Waals surface area contributed by atoms with Crippen molar-refractivity contribution in [2.45, 2.75) is 51.2 Å². The van der Waals surface area contributed by atoms with Gasteiger partial charge in [0.25, 0.3) is 5.56 Å². The third-order valence-corrected chi connectivity index (χ3v) is 7.37. The molecular weight excluding hydrogens is 486 g/mol. The van der Waals surface area contributed by atoms with Gasteiger partial charge >= 0.3 is 0 Å². The molecule has 5 heterocycles. The molecule has 0 spiro atoms. The molecule has 4 aromatic rings. The average Bonchev–Trinajstić information content (AvgIpc) is 3.35. The molecule has 6 rings (SSSR count). The van der Waals surface area contributed by atoms with Crippen molar-refractivity contribution < 1.29 is 13.5 Å². The first-order valence-electron chi connectivity index (χ1n) is 12.0. The van der Waals surface area contributed by atoms with Crippen LogP contribution in [0.4, 0.5) is 8.78 Å². The van der Waals surface area contributed by atoms with Crippen LogP contribution in [0.15, 0.2) is 41.3 Å². The Hall–Kier alpha value is -3.23. The van der Waals surface area contributed by atoms with Crippen LogP contribution in [-0.4, -0.2) is 26.1 Å². The predicted molar refractivity (Wildman–Crippen MR) is 132 cm³/mol. The highest BCUT2D eigenvalue weighted by atomic mass is 35.5. The van der Waals surface area contributed by atoms with Gasteiger partial charge in [0.05, 0.1) is 16.5 Å². The highest BCUT2D eigenvalue weighted by Gasteiger charge is 2.29. The summed E-state index contributed by atoms with van der Waals surface area (Å²) in [7, 11) is 0. The number of hydrogen-bond donors (Lipinski definition) is 0. The fourth-order valence-corrected chi connectivity index (χ4v) is 5.42. The quantitative estimate of drug-likeness (QED) is 0.333. The predicted octanol–water partition coefficient (Wildman–Crippen LogP) is 5.68. The van der Waals surface area contributed by atoms with Crippen LogP contribution in [0, 0.1) is 18.6 Å². The van der Waals surface area contributed by atoms with E-state index in [1.165, 1.54) is 0 Å². The largest absolute Gasteiger partial charge is 0.373 e. The molecule has 9 heteroatoms. The standard InChI is InChI=1S/C27H23ClF2N4O2/c1-14-9-16(4-6-31-14)23-10-15(5-8-36-23)22-12-18-26(33-24-3-2-7-34(24)27(18)35)25(32-22)17-11-21(30)19(28)13-20(17)29/h4,6,9,11-13,15,23H,2-3,5,7-8,10H2,1H3/t15-,23+/m0/s1. The van der Waals surface area contributed by atoms with Gasteiger partial charge in [-0.3, -0.25) is 19.3 Å². The normalized spacial score (nSPS) is 19.6. The molecule has 0 amide bonds. The monoisotopic (exact) mass is 508 g/mol. The summed E-state index contributed by atoms with van der Waals surface area (Å²) in [5, 5.41) is 0.0451. The van der Waals surface area contributed by atoms with Gasteiger partial charge in [-0.25, -0.2) is 13.8 Å². The summed E-state index contributed by atoms with van der Waals surface area (Å²) in [5.41, 5.74) is 2.77. The third-order valence-electron chi connectivity index (χ3n) is 7.08. The minimum atomic E-state index is -0.759. The lowest BCUT2D eigenvalue weighted by Crippen LogP contribution is -2.23. The first-order chi connectivity index (χ1) is 17.4. The third kappa shape index (κ3) is 3.98. The number of hydrogen-bond acceptors (Lipinski definition) is 5. The van der Waals surface area contributed by atoms with Gasteiger partial charge in [-0.2, -0.15) is 0 Å². The van der Waals surface area contributed by atoms with Gasteiger partial charge in [0.2, 0.25) is 0 Å².